The number of ether oxygens (including phenoxy) is 5. The highest BCUT2D eigenvalue weighted by molar-refractivity contribution is 5.96. The van der Waals surface area contributed by atoms with Gasteiger partial charge in [-0.1, -0.05) is 271 Å². The number of aliphatic imine (C=N–C) groups is 1. The molecule has 0 saturated carbocycles. The Kier molecular flexibility index (Phi) is 38.3. The summed E-state index contributed by atoms with van der Waals surface area (Å²) in [5.41, 5.74) is 5.02. The van der Waals surface area contributed by atoms with Crippen LogP contribution in [0.25, 0.3) is 33.5 Å². The number of phenols is 2. The molecular formula is C82H119N3O8. The van der Waals surface area contributed by atoms with Gasteiger partial charge in [-0.25, -0.2) is 14.8 Å². The lowest BCUT2D eigenvalue weighted by atomic mass is 10.0. The second kappa shape index (κ2) is 47.3. The van der Waals surface area contributed by atoms with Crippen LogP contribution in [0.4, 0.5) is 5.69 Å². The summed E-state index contributed by atoms with van der Waals surface area (Å²) in [6.07, 6.45) is 51.5. The summed E-state index contributed by atoms with van der Waals surface area (Å²) < 4.78 is 32.5. The van der Waals surface area contributed by atoms with Crippen LogP contribution in [0, 0.1) is 0 Å². The Morgan fingerprint density at radius 3 is 1.15 bits per heavy atom. The number of esters is 1. The maximum absolute atomic E-state index is 14.0. The minimum atomic E-state index is -0.622. The summed E-state index contributed by atoms with van der Waals surface area (Å²) in [7, 11) is 0. The van der Waals surface area contributed by atoms with E-state index in [1.165, 1.54) is 218 Å². The number of nitrogens with zero attached hydrogens (tertiary/aromatic N) is 3. The number of para-hydroxylation sites is 2. The van der Waals surface area contributed by atoms with E-state index in [0.717, 1.165) is 74.0 Å². The molecular weight excluding hydrogens is 1150 g/mol. The molecule has 0 aliphatic heterocycles. The number of unbranched alkanes of at least 4 members (excludes halogenated alkanes) is 36. The first kappa shape index (κ1) is 75.4. The third kappa shape index (κ3) is 29.7. The summed E-state index contributed by atoms with van der Waals surface area (Å²) in [6.45, 7) is 11.5. The van der Waals surface area contributed by atoms with Gasteiger partial charge >= 0.3 is 5.97 Å². The van der Waals surface area contributed by atoms with Crippen molar-refractivity contribution in [2.75, 3.05) is 26.4 Å². The summed E-state index contributed by atoms with van der Waals surface area (Å²) >= 11 is 0. The van der Waals surface area contributed by atoms with Crippen molar-refractivity contribution >= 4 is 28.9 Å². The third-order valence-corrected chi connectivity index (χ3v) is 17.8. The maximum atomic E-state index is 14.0. The van der Waals surface area contributed by atoms with Crippen LogP contribution in [-0.4, -0.2) is 58.8 Å². The number of aromatic hydroxyl groups is 2. The largest absolute Gasteiger partial charge is 0.507 e. The molecule has 0 atom stereocenters. The Hall–Kier alpha value is -6.62. The number of aromatic nitrogens is 2. The molecule has 5 aromatic carbocycles. The standard InChI is InChI=1S/C82H119N3O8/c1-5-9-13-17-21-25-29-33-37-43-57-89-76-55-51-66(62-78(76)91-59-45-39-35-31-27-23-19-15-11-7-3)80-81(85-73-61-68(50-54-71(73)84-80)82(88)93-70-53-49-69(75(87)64-70)65-83-72-47-41-42-48-74(72)86)67-52-56-77(90-58-44-38-34-30-26-22-18-14-10-6-2)79(63-67)92-60-46-40-36-32-28-24-20-16-12-8-4/h41-42,47-56,61-65,86-87H,5-40,43-46,57-60H2,1-4H3. The van der Waals surface area contributed by atoms with E-state index in [1.54, 1.807) is 54.6 Å². The van der Waals surface area contributed by atoms with Crippen LogP contribution in [0.1, 0.15) is 300 Å². The van der Waals surface area contributed by atoms with E-state index in [4.69, 9.17) is 33.7 Å². The number of carbonyl (C=O) groups is 1. The van der Waals surface area contributed by atoms with Crippen LogP contribution in [0.2, 0.25) is 0 Å². The normalized spacial score (nSPS) is 11.5. The zero-order chi connectivity index (χ0) is 65.6. The molecule has 0 unspecified atom stereocenters. The fourth-order valence-electron chi connectivity index (χ4n) is 12.0. The minimum Gasteiger partial charge on any atom is -0.507 e. The van der Waals surface area contributed by atoms with Gasteiger partial charge in [0.2, 0.25) is 0 Å². The Bertz CT molecular complexity index is 3010. The smallest absolute Gasteiger partial charge is 0.343 e. The SMILES string of the molecule is CCCCCCCCCCCCOc1ccc(-c2nc3ccc(C(=O)Oc4ccc(C=Nc5ccccc5O)c(O)c4)cc3nc2-c2ccc(OCCCCCCCCCCCC)c(OCCCCCCCCCCCC)c2)cc1OCCCCCCCCCCCC. The topological polar surface area (TPSA) is 142 Å². The van der Waals surface area contributed by atoms with Crippen molar-refractivity contribution in [1.82, 2.24) is 9.97 Å². The zero-order valence-electron chi connectivity index (χ0n) is 58.1. The van der Waals surface area contributed by atoms with Gasteiger partial charge in [0.1, 0.15) is 22.9 Å². The summed E-state index contributed by atoms with van der Waals surface area (Å²) in [4.78, 5) is 29.1. The van der Waals surface area contributed by atoms with Gasteiger partial charge in [0.25, 0.3) is 0 Å². The van der Waals surface area contributed by atoms with Crippen LogP contribution in [0.15, 0.2) is 102 Å². The molecule has 510 valence electrons. The molecule has 2 N–H and O–H groups in total. The zero-order valence-corrected chi connectivity index (χ0v) is 58.1. The van der Waals surface area contributed by atoms with Gasteiger partial charge in [-0.05, 0) is 105 Å². The maximum Gasteiger partial charge on any atom is 0.343 e. The van der Waals surface area contributed by atoms with Gasteiger partial charge in [-0.3, -0.25) is 4.99 Å². The molecule has 93 heavy (non-hydrogen) atoms. The highest BCUT2D eigenvalue weighted by Gasteiger charge is 2.21. The van der Waals surface area contributed by atoms with Gasteiger partial charge < -0.3 is 33.9 Å². The number of hydrogen-bond acceptors (Lipinski definition) is 11. The quantitative estimate of drug-likeness (QED) is 0.0164. The van der Waals surface area contributed by atoms with Crippen molar-refractivity contribution in [3.63, 3.8) is 0 Å². The van der Waals surface area contributed by atoms with E-state index < -0.39 is 5.97 Å². The predicted octanol–water partition coefficient (Wildman–Crippen LogP) is 24.5. The average molecular weight is 1270 g/mol. The first-order chi connectivity index (χ1) is 45.8. The average Bonchev–Trinajstić information content (AvgIpc) is 0.812. The monoisotopic (exact) mass is 1270 g/mol. The number of rotatable bonds is 54. The summed E-state index contributed by atoms with van der Waals surface area (Å²) in [5, 5.41) is 21.2. The lowest BCUT2D eigenvalue weighted by Gasteiger charge is -2.17. The molecule has 11 heteroatoms. The van der Waals surface area contributed by atoms with E-state index in [1.807, 2.05) is 12.1 Å². The van der Waals surface area contributed by atoms with E-state index in [-0.39, 0.29) is 22.8 Å². The summed E-state index contributed by atoms with van der Waals surface area (Å²) in [5.74, 6) is 2.24. The lowest BCUT2D eigenvalue weighted by molar-refractivity contribution is 0.0734. The van der Waals surface area contributed by atoms with Crippen molar-refractivity contribution in [2.45, 2.75) is 285 Å². The Labute approximate surface area is 561 Å². The van der Waals surface area contributed by atoms with Crippen LogP contribution < -0.4 is 23.7 Å². The Morgan fingerprint density at radius 1 is 0.376 bits per heavy atom. The van der Waals surface area contributed by atoms with Gasteiger partial charge in [0.05, 0.1) is 54.4 Å². The van der Waals surface area contributed by atoms with Crippen LogP contribution in [0.5, 0.6) is 40.2 Å². The van der Waals surface area contributed by atoms with Crippen molar-refractivity contribution in [1.29, 1.82) is 0 Å². The number of fused-ring (bicyclic) bond motifs is 1. The fraction of sp³-hybridized carbons (Fsp3) is 0.585. The van der Waals surface area contributed by atoms with Gasteiger partial charge in [0, 0.05) is 29.0 Å². The second-order valence-electron chi connectivity index (χ2n) is 25.9. The molecule has 1 heterocycles. The molecule has 0 spiro atoms. The summed E-state index contributed by atoms with van der Waals surface area (Å²) in [6, 6.07) is 28.8. The van der Waals surface area contributed by atoms with Gasteiger partial charge in [0.15, 0.2) is 23.0 Å². The number of carbonyl (C=O) groups excluding carboxylic acids is 1. The Morgan fingerprint density at radius 2 is 0.753 bits per heavy atom. The van der Waals surface area contributed by atoms with Crippen molar-refractivity contribution in [3.05, 3.63) is 108 Å². The fourth-order valence-corrected chi connectivity index (χ4v) is 12.0. The van der Waals surface area contributed by atoms with Gasteiger partial charge in [-0.2, -0.15) is 0 Å². The highest BCUT2D eigenvalue weighted by atomic mass is 16.5. The molecule has 1 aromatic heterocycles. The highest BCUT2D eigenvalue weighted by Crippen LogP contribution is 2.40. The number of hydrogen-bond donors (Lipinski definition) is 2. The van der Waals surface area contributed by atoms with Crippen LogP contribution >= 0.6 is 0 Å². The van der Waals surface area contributed by atoms with Gasteiger partial charge in [-0.15, -0.1) is 0 Å². The molecule has 6 rings (SSSR count). The first-order valence-electron chi connectivity index (χ1n) is 37.3. The third-order valence-electron chi connectivity index (χ3n) is 17.8. The van der Waals surface area contributed by atoms with Crippen molar-refractivity contribution in [3.8, 4) is 62.8 Å². The number of benzene rings is 5. The molecule has 11 nitrogen and oxygen atoms in total. The Balaban J connectivity index is 1.28. The van der Waals surface area contributed by atoms with Crippen molar-refractivity contribution in [2.24, 2.45) is 4.99 Å². The van der Waals surface area contributed by atoms with E-state index in [0.29, 0.717) is 71.6 Å². The molecule has 0 aliphatic carbocycles. The van der Waals surface area contributed by atoms with Crippen molar-refractivity contribution < 1.29 is 38.7 Å². The second-order valence-corrected chi connectivity index (χ2v) is 25.9. The lowest BCUT2D eigenvalue weighted by Crippen LogP contribution is -2.09. The minimum absolute atomic E-state index is 0.0241. The first-order valence-corrected chi connectivity index (χ1v) is 37.3. The molecule has 0 radical (unpaired) electrons. The molecule has 0 aliphatic rings. The van der Waals surface area contributed by atoms with E-state index >= 15 is 0 Å². The molecule has 0 saturated heterocycles. The number of phenolic OH excluding ortho intramolecular Hbond substituents is 2. The van der Waals surface area contributed by atoms with Crippen LogP contribution in [-0.2, 0) is 0 Å². The van der Waals surface area contributed by atoms with Crippen LogP contribution in [0.3, 0.4) is 0 Å². The molecule has 6 aromatic rings. The van der Waals surface area contributed by atoms with E-state index in [9.17, 15) is 15.0 Å². The molecule has 0 fully saturated rings. The molecule has 0 bridgehead atoms. The predicted molar refractivity (Wildman–Crippen MR) is 388 cm³/mol. The van der Waals surface area contributed by atoms with E-state index in [2.05, 4.69) is 57.0 Å². The molecule has 0 amide bonds.